The molecule has 1 aliphatic heterocycles. The van der Waals surface area contributed by atoms with Gasteiger partial charge in [0.2, 0.25) is 5.65 Å². The SMILES string of the molecule is O=C(c1ccc(-c2ccn[nH]2)cc1)N1CCOC(COn2nnc3cccnc32)C1. The Balaban J connectivity index is 1.22. The first-order valence-corrected chi connectivity index (χ1v) is 9.58. The number of aromatic amines is 1. The van der Waals surface area contributed by atoms with Gasteiger partial charge in [-0.1, -0.05) is 17.0 Å². The monoisotopic (exact) mass is 405 g/mol. The van der Waals surface area contributed by atoms with Gasteiger partial charge in [-0.2, -0.15) is 5.10 Å². The van der Waals surface area contributed by atoms with Crippen LogP contribution in [0.25, 0.3) is 22.4 Å². The van der Waals surface area contributed by atoms with Crippen LogP contribution in [0.3, 0.4) is 0 Å². The summed E-state index contributed by atoms with van der Waals surface area (Å²) in [5.74, 6) is -0.0349. The predicted molar refractivity (Wildman–Crippen MR) is 106 cm³/mol. The van der Waals surface area contributed by atoms with Gasteiger partial charge in [0.05, 0.1) is 18.8 Å². The molecule has 0 saturated carbocycles. The van der Waals surface area contributed by atoms with Gasteiger partial charge in [0, 0.05) is 24.5 Å². The number of fused-ring (bicyclic) bond motifs is 1. The number of carbonyl (C=O) groups excluding carboxylic acids is 1. The summed E-state index contributed by atoms with van der Waals surface area (Å²) in [4.78, 5) is 25.9. The number of rotatable bonds is 5. The molecule has 1 aliphatic rings. The number of pyridine rings is 1. The van der Waals surface area contributed by atoms with E-state index in [1.165, 1.54) is 4.85 Å². The second-order valence-corrected chi connectivity index (χ2v) is 6.90. The van der Waals surface area contributed by atoms with Gasteiger partial charge in [-0.3, -0.25) is 9.89 Å². The zero-order chi connectivity index (χ0) is 20.3. The normalized spacial score (nSPS) is 16.7. The third kappa shape index (κ3) is 3.60. The Morgan fingerprint density at radius 3 is 2.93 bits per heavy atom. The van der Waals surface area contributed by atoms with Crippen molar-refractivity contribution in [2.24, 2.45) is 0 Å². The van der Waals surface area contributed by atoms with Gasteiger partial charge in [-0.15, -0.1) is 5.10 Å². The molecule has 1 N–H and O–H groups in total. The molecule has 30 heavy (non-hydrogen) atoms. The topological polar surface area (TPSA) is 111 Å². The lowest BCUT2D eigenvalue weighted by atomic mass is 10.1. The average Bonchev–Trinajstić information content (AvgIpc) is 3.48. The fraction of sp³-hybridized carbons (Fsp3) is 0.250. The maximum absolute atomic E-state index is 12.9. The van der Waals surface area contributed by atoms with Crippen LogP contribution >= 0.6 is 0 Å². The number of amides is 1. The first-order valence-electron chi connectivity index (χ1n) is 9.58. The molecule has 4 heterocycles. The van der Waals surface area contributed by atoms with E-state index in [1.807, 2.05) is 36.4 Å². The maximum Gasteiger partial charge on any atom is 0.254 e. The molecule has 1 aromatic carbocycles. The van der Waals surface area contributed by atoms with Crippen molar-refractivity contribution in [2.45, 2.75) is 6.10 Å². The second kappa shape index (κ2) is 7.91. The Morgan fingerprint density at radius 1 is 1.20 bits per heavy atom. The number of nitrogens with zero attached hydrogens (tertiary/aromatic N) is 6. The van der Waals surface area contributed by atoms with E-state index in [0.29, 0.717) is 36.4 Å². The quantitative estimate of drug-likeness (QED) is 0.531. The maximum atomic E-state index is 12.9. The number of H-pyrrole nitrogens is 1. The van der Waals surface area contributed by atoms with Crippen LogP contribution in [-0.4, -0.2) is 73.6 Å². The highest BCUT2D eigenvalue weighted by molar-refractivity contribution is 5.94. The molecular weight excluding hydrogens is 386 g/mol. The summed E-state index contributed by atoms with van der Waals surface area (Å²) < 4.78 is 5.76. The Labute approximate surface area is 171 Å². The molecule has 10 heteroatoms. The number of hydrogen-bond donors (Lipinski definition) is 1. The predicted octanol–water partition coefficient (Wildman–Crippen LogP) is 1.19. The van der Waals surface area contributed by atoms with Gasteiger partial charge in [0.15, 0.2) is 0 Å². The molecule has 10 nitrogen and oxygen atoms in total. The zero-order valence-electron chi connectivity index (χ0n) is 16.0. The van der Waals surface area contributed by atoms with Gasteiger partial charge in [0.25, 0.3) is 5.91 Å². The molecule has 0 aliphatic carbocycles. The van der Waals surface area contributed by atoms with Crippen molar-refractivity contribution in [1.82, 2.24) is 35.2 Å². The van der Waals surface area contributed by atoms with E-state index in [0.717, 1.165) is 11.3 Å². The van der Waals surface area contributed by atoms with Crippen LogP contribution in [0, 0.1) is 0 Å². The van der Waals surface area contributed by atoms with E-state index in [2.05, 4.69) is 25.5 Å². The molecule has 3 aromatic heterocycles. The first-order chi connectivity index (χ1) is 14.8. The van der Waals surface area contributed by atoms with Crippen molar-refractivity contribution in [3.63, 3.8) is 0 Å². The lowest BCUT2D eigenvalue weighted by Gasteiger charge is -2.32. The first kappa shape index (κ1) is 18.3. The minimum Gasteiger partial charge on any atom is -0.391 e. The summed E-state index contributed by atoms with van der Waals surface area (Å²) in [6.07, 6.45) is 3.08. The molecule has 1 saturated heterocycles. The fourth-order valence-electron chi connectivity index (χ4n) is 3.38. The number of benzene rings is 1. The van der Waals surface area contributed by atoms with Gasteiger partial charge < -0.3 is 14.5 Å². The van der Waals surface area contributed by atoms with Crippen molar-refractivity contribution in [3.05, 3.63) is 60.4 Å². The van der Waals surface area contributed by atoms with Crippen molar-refractivity contribution in [3.8, 4) is 11.3 Å². The van der Waals surface area contributed by atoms with E-state index < -0.39 is 0 Å². The Kier molecular flexibility index (Phi) is 4.81. The van der Waals surface area contributed by atoms with Gasteiger partial charge >= 0.3 is 0 Å². The smallest absolute Gasteiger partial charge is 0.254 e. The standard InChI is InChI=1S/C20H19N7O3/c28-20(15-5-3-14(4-6-15)17-7-9-22-23-17)26-10-11-29-16(12-26)13-30-27-19-18(24-25-27)2-1-8-21-19/h1-9,16H,10-13H2,(H,22,23). The van der Waals surface area contributed by atoms with E-state index in [4.69, 9.17) is 9.57 Å². The average molecular weight is 405 g/mol. The van der Waals surface area contributed by atoms with Gasteiger partial charge in [0.1, 0.15) is 18.2 Å². The van der Waals surface area contributed by atoms with Crippen molar-refractivity contribution < 1.29 is 14.4 Å². The van der Waals surface area contributed by atoms with Crippen molar-refractivity contribution in [1.29, 1.82) is 0 Å². The van der Waals surface area contributed by atoms with Crippen LogP contribution in [0.5, 0.6) is 0 Å². The zero-order valence-corrected chi connectivity index (χ0v) is 16.0. The Hall–Kier alpha value is -3.79. The van der Waals surface area contributed by atoms with Crippen LogP contribution in [0.2, 0.25) is 0 Å². The number of morpholine rings is 1. The van der Waals surface area contributed by atoms with Gasteiger partial charge in [-0.25, -0.2) is 4.98 Å². The molecule has 1 atom stereocenters. The number of ether oxygens (including phenoxy) is 1. The molecule has 4 aromatic rings. The molecular formula is C20H19N7O3. The van der Waals surface area contributed by atoms with E-state index >= 15 is 0 Å². The largest absolute Gasteiger partial charge is 0.391 e. The summed E-state index contributed by atoms with van der Waals surface area (Å²) in [6, 6.07) is 13.0. The summed E-state index contributed by atoms with van der Waals surface area (Å²) in [7, 11) is 0. The highest BCUT2D eigenvalue weighted by atomic mass is 16.7. The van der Waals surface area contributed by atoms with Crippen LogP contribution in [0.4, 0.5) is 0 Å². The highest BCUT2D eigenvalue weighted by Gasteiger charge is 2.26. The Morgan fingerprint density at radius 2 is 2.10 bits per heavy atom. The molecule has 0 bridgehead atoms. The minimum absolute atomic E-state index is 0.0349. The van der Waals surface area contributed by atoms with Crippen LogP contribution < -0.4 is 4.84 Å². The highest BCUT2D eigenvalue weighted by Crippen LogP contribution is 2.18. The van der Waals surface area contributed by atoms with Crippen LogP contribution in [0.1, 0.15) is 10.4 Å². The molecule has 1 unspecified atom stereocenters. The van der Waals surface area contributed by atoms with Crippen molar-refractivity contribution >= 4 is 17.1 Å². The summed E-state index contributed by atoms with van der Waals surface area (Å²) in [6.45, 7) is 1.65. The molecule has 0 radical (unpaired) electrons. The minimum atomic E-state index is -0.269. The summed E-state index contributed by atoms with van der Waals surface area (Å²) in [5, 5.41) is 14.8. The van der Waals surface area contributed by atoms with Crippen LogP contribution in [0.15, 0.2) is 54.9 Å². The number of nitrogens with one attached hydrogen (secondary N) is 1. The van der Waals surface area contributed by atoms with Gasteiger partial charge in [-0.05, 0) is 41.1 Å². The molecule has 5 rings (SSSR count). The number of carbonyl (C=O) groups is 1. The summed E-state index contributed by atoms with van der Waals surface area (Å²) >= 11 is 0. The van der Waals surface area contributed by atoms with E-state index in [-0.39, 0.29) is 18.6 Å². The Bertz CT molecular complexity index is 1140. The second-order valence-electron chi connectivity index (χ2n) is 6.90. The number of hydrogen-bond acceptors (Lipinski definition) is 7. The summed E-state index contributed by atoms with van der Waals surface area (Å²) in [5.41, 5.74) is 3.71. The van der Waals surface area contributed by atoms with Crippen LogP contribution in [-0.2, 0) is 4.74 Å². The number of aromatic nitrogens is 6. The third-order valence-corrected chi connectivity index (χ3v) is 4.93. The third-order valence-electron chi connectivity index (χ3n) is 4.93. The van der Waals surface area contributed by atoms with Crippen molar-refractivity contribution in [2.75, 3.05) is 26.3 Å². The molecule has 1 fully saturated rings. The lowest BCUT2D eigenvalue weighted by molar-refractivity contribution is -0.0680. The molecule has 1 amide bonds. The fourth-order valence-corrected chi connectivity index (χ4v) is 3.38. The molecule has 0 spiro atoms. The lowest BCUT2D eigenvalue weighted by Crippen LogP contribution is -2.48. The van der Waals surface area contributed by atoms with E-state index in [1.54, 1.807) is 23.4 Å². The molecule has 152 valence electrons. The van der Waals surface area contributed by atoms with E-state index in [9.17, 15) is 4.79 Å².